The third-order valence-corrected chi connectivity index (χ3v) is 5.36. The van der Waals surface area contributed by atoms with Gasteiger partial charge in [0.25, 0.3) is 5.56 Å². The molecule has 3 heterocycles. The van der Waals surface area contributed by atoms with Gasteiger partial charge in [-0.25, -0.2) is 9.67 Å². The van der Waals surface area contributed by atoms with Crippen LogP contribution in [0.1, 0.15) is 36.2 Å². The molecule has 28 heavy (non-hydrogen) atoms. The molecule has 1 amide bonds. The van der Waals surface area contributed by atoms with Crippen LogP contribution in [-0.4, -0.2) is 47.0 Å². The molecule has 1 saturated heterocycles. The van der Waals surface area contributed by atoms with Gasteiger partial charge in [-0.15, -0.1) is 0 Å². The van der Waals surface area contributed by atoms with Crippen molar-refractivity contribution in [3.05, 3.63) is 51.6 Å². The Labute approximate surface area is 163 Å². The molecule has 1 fully saturated rings. The number of aromatic nitrogens is 3. The van der Waals surface area contributed by atoms with Crippen LogP contribution in [0.3, 0.4) is 0 Å². The summed E-state index contributed by atoms with van der Waals surface area (Å²) in [7, 11) is 0. The van der Waals surface area contributed by atoms with Gasteiger partial charge < -0.3 is 15.0 Å². The predicted octanol–water partition coefficient (Wildman–Crippen LogP) is 0.841. The molecular weight excluding hydrogens is 358 g/mol. The minimum Gasteiger partial charge on any atom is -0.378 e. The largest absolute Gasteiger partial charge is 0.378 e. The number of hydrogen-bond acceptors (Lipinski definition) is 6. The van der Waals surface area contributed by atoms with E-state index in [-0.39, 0.29) is 11.5 Å². The van der Waals surface area contributed by atoms with Crippen molar-refractivity contribution in [2.75, 3.05) is 31.2 Å². The predicted molar refractivity (Wildman–Crippen MR) is 104 cm³/mol. The Hall–Kier alpha value is -2.74. The molecule has 1 atom stereocenters. The number of anilines is 1. The quantitative estimate of drug-likeness (QED) is 0.823. The first-order valence-corrected chi connectivity index (χ1v) is 9.79. The van der Waals surface area contributed by atoms with Gasteiger partial charge in [-0.05, 0) is 37.8 Å². The molecule has 1 aliphatic carbocycles. The van der Waals surface area contributed by atoms with Crippen molar-refractivity contribution in [3.63, 3.8) is 0 Å². The Morgan fingerprint density at radius 1 is 1.32 bits per heavy atom. The summed E-state index contributed by atoms with van der Waals surface area (Å²) in [6.45, 7) is 4.96. The maximum Gasteiger partial charge on any atom is 0.267 e. The highest BCUT2D eigenvalue weighted by molar-refractivity contribution is 5.79. The Kier molecular flexibility index (Phi) is 5.38. The van der Waals surface area contributed by atoms with Crippen LogP contribution in [0.2, 0.25) is 0 Å². The van der Waals surface area contributed by atoms with Crippen molar-refractivity contribution in [3.8, 4) is 0 Å². The zero-order valence-corrected chi connectivity index (χ0v) is 16.1. The summed E-state index contributed by atoms with van der Waals surface area (Å²) >= 11 is 0. The maximum atomic E-state index is 12.7. The Bertz CT molecular complexity index is 920. The van der Waals surface area contributed by atoms with Crippen molar-refractivity contribution in [1.29, 1.82) is 0 Å². The summed E-state index contributed by atoms with van der Waals surface area (Å²) in [6.07, 6.45) is 4.53. The van der Waals surface area contributed by atoms with Crippen LogP contribution in [0.4, 0.5) is 5.82 Å². The molecule has 8 heteroatoms. The molecule has 0 radical (unpaired) electrons. The van der Waals surface area contributed by atoms with Gasteiger partial charge in [-0.3, -0.25) is 9.59 Å². The number of aryl methyl sites for hydroxylation is 2. The highest BCUT2D eigenvalue weighted by Gasteiger charge is 2.22. The lowest BCUT2D eigenvalue weighted by atomic mass is 10.2. The molecule has 0 bridgehead atoms. The second-order valence-electron chi connectivity index (χ2n) is 7.23. The fraction of sp³-hybridized carbons (Fsp3) is 0.500. The lowest BCUT2D eigenvalue weighted by Crippen LogP contribution is -2.39. The molecule has 1 aliphatic heterocycles. The summed E-state index contributed by atoms with van der Waals surface area (Å²) in [4.78, 5) is 31.7. The van der Waals surface area contributed by atoms with E-state index in [0.717, 1.165) is 55.0 Å². The number of amides is 1. The Morgan fingerprint density at radius 2 is 2.14 bits per heavy atom. The summed E-state index contributed by atoms with van der Waals surface area (Å²) in [5, 5.41) is 7.36. The van der Waals surface area contributed by atoms with Crippen molar-refractivity contribution in [1.82, 2.24) is 20.1 Å². The molecule has 4 rings (SSSR count). The van der Waals surface area contributed by atoms with Crippen LogP contribution in [-0.2, 0) is 28.9 Å². The normalized spacial score (nSPS) is 17.2. The highest BCUT2D eigenvalue weighted by atomic mass is 16.5. The first-order chi connectivity index (χ1) is 13.6. The number of fused-ring (bicyclic) bond motifs is 1. The van der Waals surface area contributed by atoms with Crippen molar-refractivity contribution < 1.29 is 9.53 Å². The van der Waals surface area contributed by atoms with Gasteiger partial charge in [0, 0.05) is 37.5 Å². The van der Waals surface area contributed by atoms with E-state index in [2.05, 4.69) is 20.3 Å². The lowest BCUT2D eigenvalue weighted by molar-refractivity contribution is -0.124. The first-order valence-electron chi connectivity index (χ1n) is 9.79. The van der Waals surface area contributed by atoms with Crippen LogP contribution in [0.25, 0.3) is 0 Å². The Balaban J connectivity index is 1.46. The smallest absolute Gasteiger partial charge is 0.267 e. The highest BCUT2D eigenvalue weighted by Crippen LogP contribution is 2.19. The molecule has 8 nitrogen and oxygen atoms in total. The average molecular weight is 383 g/mol. The third kappa shape index (κ3) is 3.77. The minimum absolute atomic E-state index is 0.223. The van der Waals surface area contributed by atoms with Gasteiger partial charge in [0.15, 0.2) is 0 Å². The van der Waals surface area contributed by atoms with Crippen molar-refractivity contribution in [2.24, 2.45) is 0 Å². The molecule has 2 aromatic heterocycles. The van der Waals surface area contributed by atoms with Gasteiger partial charge in [0.2, 0.25) is 5.91 Å². The number of carbonyl (C=O) groups is 1. The van der Waals surface area contributed by atoms with Gasteiger partial charge in [-0.2, -0.15) is 5.10 Å². The fourth-order valence-corrected chi connectivity index (χ4v) is 3.76. The number of pyridine rings is 1. The lowest BCUT2D eigenvalue weighted by Gasteiger charge is -2.29. The number of nitrogens with one attached hydrogen (secondary N) is 1. The van der Waals surface area contributed by atoms with Crippen LogP contribution in [0.15, 0.2) is 29.2 Å². The standard InChI is InChI=1S/C20H25N5O3/c1-14(25-18(26)12-15-4-2-6-17(15)23-25)20(27)22-13-16-5-3-7-21-19(16)24-8-10-28-11-9-24/h3,5,7,12,14H,2,4,6,8-11,13H2,1H3,(H,22,27). The summed E-state index contributed by atoms with van der Waals surface area (Å²) in [5.41, 5.74) is 2.67. The average Bonchev–Trinajstić information content (AvgIpc) is 3.19. The van der Waals surface area contributed by atoms with E-state index in [4.69, 9.17) is 4.74 Å². The van der Waals surface area contributed by atoms with Gasteiger partial charge in [-0.1, -0.05) is 6.07 Å². The Morgan fingerprint density at radius 3 is 2.96 bits per heavy atom. The number of nitrogens with zero attached hydrogens (tertiary/aromatic N) is 4. The number of carbonyl (C=O) groups excluding carboxylic acids is 1. The van der Waals surface area contributed by atoms with Crippen LogP contribution in [0.5, 0.6) is 0 Å². The number of morpholine rings is 1. The molecule has 1 N–H and O–H groups in total. The molecule has 0 spiro atoms. The zero-order chi connectivity index (χ0) is 19.5. The molecule has 0 saturated carbocycles. The summed E-state index contributed by atoms with van der Waals surface area (Å²) in [5.74, 6) is 0.635. The number of hydrogen-bond donors (Lipinski definition) is 1. The number of ether oxygens (including phenoxy) is 1. The summed E-state index contributed by atoms with van der Waals surface area (Å²) in [6, 6.07) is 4.78. The van der Waals surface area contributed by atoms with E-state index in [1.165, 1.54) is 4.68 Å². The first kappa shape index (κ1) is 18.6. The van der Waals surface area contributed by atoms with E-state index < -0.39 is 6.04 Å². The zero-order valence-electron chi connectivity index (χ0n) is 16.1. The molecule has 2 aliphatic rings. The number of rotatable bonds is 5. The van der Waals surface area contributed by atoms with Crippen molar-refractivity contribution >= 4 is 11.7 Å². The van der Waals surface area contributed by atoms with Gasteiger partial charge in [0.05, 0.1) is 18.9 Å². The molecule has 1 unspecified atom stereocenters. The van der Waals surface area contributed by atoms with Crippen LogP contribution in [0, 0.1) is 0 Å². The van der Waals surface area contributed by atoms with Crippen LogP contribution < -0.4 is 15.8 Å². The second kappa shape index (κ2) is 8.10. The molecule has 0 aromatic carbocycles. The van der Waals surface area contributed by atoms with E-state index >= 15 is 0 Å². The minimum atomic E-state index is -0.665. The monoisotopic (exact) mass is 383 g/mol. The maximum absolute atomic E-state index is 12.7. The van der Waals surface area contributed by atoms with Crippen LogP contribution >= 0.6 is 0 Å². The molecule has 2 aromatic rings. The molecular formula is C20H25N5O3. The topological polar surface area (TPSA) is 89.3 Å². The van der Waals surface area contributed by atoms with Crippen molar-refractivity contribution in [2.45, 2.75) is 38.8 Å². The fourth-order valence-electron chi connectivity index (χ4n) is 3.76. The van der Waals surface area contributed by atoms with E-state index in [1.54, 1.807) is 19.2 Å². The SMILES string of the molecule is CC(C(=O)NCc1cccnc1N1CCOCC1)n1nc2c(cc1=O)CCC2. The van der Waals surface area contributed by atoms with E-state index in [9.17, 15) is 9.59 Å². The third-order valence-electron chi connectivity index (χ3n) is 5.36. The van der Waals surface area contributed by atoms with Gasteiger partial charge in [0.1, 0.15) is 11.9 Å². The van der Waals surface area contributed by atoms with Gasteiger partial charge >= 0.3 is 0 Å². The summed E-state index contributed by atoms with van der Waals surface area (Å²) < 4.78 is 6.70. The second-order valence-corrected chi connectivity index (χ2v) is 7.23. The van der Waals surface area contributed by atoms with E-state index in [1.807, 2.05) is 12.1 Å². The van der Waals surface area contributed by atoms with E-state index in [0.29, 0.717) is 19.8 Å². The molecule has 148 valence electrons.